The molecule has 0 heterocycles. The molecule has 1 aromatic rings. The SMILES string of the molecule is Cc1ccc(CCNC2CCC(O)CC2)cc1. The molecule has 0 bridgehead atoms. The molecule has 1 aliphatic rings. The van der Waals surface area contributed by atoms with E-state index in [1.807, 2.05) is 0 Å². The van der Waals surface area contributed by atoms with E-state index in [1.165, 1.54) is 11.1 Å². The standard InChI is InChI=1S/C15H23NO/c1-12-2-4-13(5-3-12)10-11-16-14-6-8-15(17)9-7-14/h2-5,14-17H,6-11H2,1H3. The summed E-state index contributed by atoms with van der Waals surface area (Å²) in [4.78, 5) is 0. The van der Waals surface area contributed by atoms with Crippen molar-refractivity contribution in [1.82, 2.24) is 5.32 Å². The highest BCUT2D eigenvalue weighted by Gasteiger charge is 2.18. The third kappa shape index (κ3) is 4.14. The van der Waals surface area contributed by atoms with Gasteiger partial charge in [0.1, 0.15) is 0 Å². The van der Waals surface area contributed by atoms with E-state index < -0.39 is 0 Å². The van der Waals surface area contributed by atoms with Gasteiger partial charge in [0.15, 0.2) is 0 Å². The Hall–Kier alpha value is -0.860. The summed E-state index contributed by atoms with van der Waals surface area (Å²) >= 11 is 0. The monoisotopic (exact) mass is 233 g/mol. The average Bonchev–Trinajstić information content (AvgIpc) is 2.34. The maximum atomic E-state index is 9.43. The molecule has 1 aliphatic carbocycles. The Morgan fingerprint density at radius 1 is 1.12 bits per heavy atom. The Kier molecular flexibility index (Phi) is 4.57. The summed E-state index contributed by atoms with van der Waals surface area (Å²) < 4.78 is 0. The van der Waals surface area contributed by atoms with Crippen LogP contribution < -0.4 is 5.32 Å². The van der Waals surface area contributed by atoms with Crippen molar-refractivity contribution in [2.45, 2.75) is 51.2 Å². The lowest BCUT2D eigenvalue weighted by atomic mass is 9.93. The number of hydrogen-bond donors (Lipinski definition) is 2. The second-order valence-electron chi connectivity index (χ2n) is 5.20. The first-order valence-electron chi connectivity index (χ1n) is 6.71. The van der Waals surface area contributed by atoms with Crippen LogP contribution in [0.5, 0.6) is 0 Å². The largest absolute Gasteiger partial charge is 0.393 e. The summed E-state index contributed by atoms with van der Waals surface area (Å²) in [5.74, 6) is 0. The van der Waals surface area contributed by atoms with Crippen LogP contribution in [0, 0.1) is 6.92 Å². The molecule has 17 heavy (non-hydrogen) atoms. The van der Waals surface area contributed by atoms with Gasteiger partial charge >= 0.3 is 0 Å². The van der Waals surface area contributed by atoms with Crippen molar-refractivity contribution in [3.8, 4) is 0 Å². The average molecular weight is 233 g/mol. The Morgan fingerprint density at radius 3 is 2.41 bits per heavy atom. The van der Waals surface area contributed by atoms with Gasteiger partial charge in [-0.3, -0.25) is 0 Å². The fraction of sp³-hybridized carbons (Fsp3) is 0.600. The van der Waals surface area contributed by atoms with E-state index in [1.54, 1.807) is 0 Å². The van der Waals surface area contributed by atoms with Crippen LogP contribution in [0.3, 0.4) is 0 Å². The summed E-state index contributed by atoms with van der Waals surface area (Å²) in [6, 6.07) is 9.38. The van der Waals surface area contributed by atoms with E-state index in [0.29, 0.717) is 6.04 Å². The molecule has 1 aromatic carbocycles. The number of aryl methyl sites for hydroxylation is 1. The van der Waals surface area contributed by atoms with Gasteiger partial charge in [-0.2, -0.15) is 0 Å². The van der Waals surface area contributed by atoms with Gasteiger partial charge < -0.3 is 10.4 Å². The lowest BCUT2D eigenvalue weighted by Gasteiger charge is -2.26. The fourth-order valence-corrected chi connectivity index (χ4v) is 2.46. The van der Waals surface area contributed by atoms with Crippen LogP contribution in [0.4, 0.5) is 0 Å². The van der Waals surface area contributed by atoms with E-state index in [-0.39, 0.29) is 6.10 Å². The van der Waals surface area contributed by atoms with Crippen molar-refractivity contribution in [3.05, 3.63) is 35.4 Å². The zero-order chi connectivity index (χ0) is 12.1. The number of hydrogen-bond acceptors (Lipinski definition) is 2. The zero-order valence-electron chi connectivity index (χ0n) is 10.7. The maximum Gasteiger partial charge on any atom is 0.0541 e. The molecule has 94 valence electrons. The fourth-order valence-electron chi connectivity index (χ4n) is 2.46. The number of benzene rings is 1. The van der Waals surface area contributed by atoms with Gasteiger partial charge in [-0.1, -0.05) is 29.8 Å². The highest BCUT2D eigenvalue weighted by Crippen LogP contribution is 2.18. The molecule has 0 atom stereocenters. The minimum absolute atomic E-state index is 0.0508. The molecule has 2 N–H and O–H groups in total. The van der Waals surface area contributed by atoms with Crippen molar-refractivity contribution in [2.75, 3.05) is 6.54 Å². The van der Waals surface area contributed by atoms with Gasteiger partial charge in [-0.05, 0) is 51.1 Å². The quantitative estimate of drug-likeness (QED) is 0.837. The lowest BCUT2D eigenvalue weighted by Crippen LogP contribution is -2.35. The molecule has 1 saturated carbocycles. The van der Waals surface area contributed by atoms with Crippen molar-refractivity contribution in [2.24, 2.45) is 0 Å². The molecule has 0 radical (unpaired) electrons. The second kappa shape index (κ2) is 6.18. The molecular weight excluding hydrogens is 210 g/mol. The highest BCUT2D eigenvalue weighted by atomic mass is 16.3. The number of aliphatic hydroxyl groups excluding tert-OH is 1. The van der Waals surface area contributed by atoms with Crippen molar-refractivity contribution in [1.29, 1.82) is 0 Å². The first-order valence-corrected chi connectivity index (χ1v) is 6.71. The highest BCUT2D eigenvalue weighted by molar-refractivity contribution is 5.21. The minimum atomic E-state index is -0.0508. The molecule has 0 spiro atoms. The molecule has 1 fully saturated rings. The molecule has 2 heteroatoms. The normalized spacial score (nSPS) is 24.8. The van der Waals surface area contributed by atoms with Gasteiger partial charge in [0, 0.05) is 6.04 Å². The van der Waals surface area contributed by atoms with Gasteiger partial charge in [0.25, 0.3) is 0 Å². The summed E-state index contributed by atoms with van der Waals surface area (Å²) in [6.45, 7) is 3.17. The third-order valence-corrected chi connectivity index (χ3v) is 3.66. The minimum Gasteiger partial charge on any atom is -0.393 e. The van der Waals surface area contributed by atoms with Crippen LogP contribution in [0.15, 0.2) is 24.3 Å². The number of rotatable bonds is 4. The Bertz CT molecular complexity index is 325. The maximum absolute atomic E-state index is 9.43. The lowest BCUT2D eigenvalue weighted by molar-refractivity contribution is 0.117. The van der Waals surface area contributed by atoms with E-state index in [0.717, 1.165) is 38.6 Å². The summed E-state index contributed by atoms with van der Waals surface area (Å²) in [6.07, 6.45) is 5.21. The molecule has 0 unspecified atom stereocenters. The predicted octanol–water partition coefficient (Wildman–Crippen LogP) is 2.43. The third-order valence-electron chi connectivity index (χ3n) is 3.66. The topological polar surface area (TPSA) is 32.3 Å². The molecule has 0 aliphatic heterocycles. The Morgan fingerprint density at radius 2 is 1.76 bits per heavy atom. The Balaban J connectivity index is 1.67. The van der Waals surface area contributed by atoms with Crippen molar-refractivity contribution < 1.29 is 5.11 Å². The number of nitrogens with one attached hydrogen (secondary N) is 1. The summed E-state index contributed by atoms with van der Waals surface area (Å²) in [5, 5.41) is 13.0. The molecule has 0 amide bonds. The van der Waals surface area contributed by atoms with E-state index in [4.69, 9.17) is 0 Å². The summed E-state index contributed by atoms with van der Waals surface area (Å²) in [7, 11) is 0. The smallest absolute Gasteiger partial charge is 0.0541 e. The van der Waals surface area contributed by atoms with Crippen molar-refractivity contribution >= 4 is 0 Å². The number of aliphatic hydroxyl groups is 1. The van der Waals surface area contributed by atoms with Gasteiger partial charge in [-0.15, -0.1) is 0 Å². The molecular formula is C15H23NO. The molecule has 2 rings (SSSR count). The second-order valence-corrected chi connectivity index (χ2v) is 5.20. The van der Waals surface area contributed by atoms with E-state index >= 15 is 0 Å². The van der Waals surface area contributed by atoms with Crippen molar-refractivity contribution in [3.63, 3.8) is 0 Å². The van der Waals surface area contributed by atoms with Gasteiger partial charge in [-0.25, -0.2) is 0 Å². The van der Waals surface area contributed by atoms with Crippen LogP contribution in [-0.4, -0.2) is 23.8 Å². The first kappa shape index (κ1) is 12.6. The van der Waals surface area contributed by atoms with Crippen LogP contribution in [0.25, 0.3) is 0 Å². The van der Waals surface area contributed by atoms with E-state index in [9.17, 15) is 5.11 Å². The van der Waals surface area contributed by atoms with Gasteiger partial charge in [0.05, 0.1) is 6.10 Å². The molecule has 0 aromatic heterocycles. The van der Waals surface area contributed by atoms with Gasteiger partial charge in [0.2, 0.25) is 0 Å². The van der Waals surface area contributed by atoms with Crippen LogP contribution >= 0.6 is 0 Å². The predicted molar refractivity (Wildman–Crippen MR) is 71.1 cm³/mol. The Labute approximate surface area is 104 Å². The van der Waals surface area contributed by atoms with Crippen LogP contribution in [0.1, 0.15) is 36.8 Å². The molecule has 2 nitrogen and oxygen atoms in total. The summed E-state index contributed by atoms with van der Waals surface area (Å²) in [5.41, 5.74) is 2.72. The van der Waals surface area contributed by atoms with E-state index in [2.05, 4.69) is 36.5 Å². The molecule has 0 saturated heterocycles. The van der Waals surface area contributed by atoms with Crippen LogP contribution in [0.2, 0.25) is 0 Å². The van der Waals surface area contributed by atoms with Crippen LogP contribution in [-0.2, 0) is 6.42 Å². The zero-order valence-corrected chi connectivity index (χ0v) is 10.7. The first-order chi connectivity index (χ1) is 8.24.